The molecule has 3 rings (SSSR count). The van der Waals surface area contributed by atoms with E-state index < -0.39 is 0 Å². The number of fused-ring (bicyclic) bond motifs is 1. The van der Waals surface area contributed by atoms with Gasteiger partial charge >= 0.3 is 0 Å². The summed E-state index contributed by atoms with van der Waals surface area (Å²) in [5.74, 6) is 0. The second-order valence-corrected chi connectivity index (χ2v) is 5.36. The largest absolute Gasteiger partial charge is 0.394 e. The van der Waals surface area contributed by atoms with Crippen LogP contribution in [-0.4, -0.2) is 22.2 Å². The normalized spacial score (nSPS) is 17.3. The van der Waals surface area contributed by atoms with E-state index in [4.69, 9.17) is 0 Å². The molecule has 0 atom stereocenters. The van der Waals surface area contributed by atoms with E-state index >= 15 is 0 Å². The monoisotopic (exact) mass is 258 g/mol. The molecule has 0 saturated heterocycles. The molecule has 1 heterocycles. The molecule has 2 aromatic rings. The molecule has 4 heteroatoms. The van der Waals surface area contributed by atoms with Gasteiger partial charge in [-0.15, -0.1) is 0 Å². The van der Waals surface area contributed by atoms with E-state index in [9.17, 15) is 9.90 Å². The fourth-order valence-corrected chi connectivity index (χ4v) is 2.60. The Bertz CT molecular complexity index is 638. The Labute approximate surface area is 111 Å². The predicted molar refractivity (Wildman–Crippen MR) is 75.1 cm³/mol. The van der Waals surface area contributed by atoms with Crippen LogP contribution in [0.5, 0.6) is 0 Å². The fourth-order valence-electron chi connectivity index (χ4n) is 2.60. The third-order valence-electron chi connectivity index (χ3n) is 4.10. The first kappa shape index (κ1) is 12.4. The molecule has 1 fully saturated rings. The van der Waals surface area contributed by atoms with Crippen LogP contribution in [0.3, 0.4) is 0 Å². The van der Waals surface area contributed by atoms with Crippen molar-refractivity contribution in [1.82, 2.24) is 10.3 Å². The van der Waals surface area contributed by atoms with Gasteiger partial charge in [0, 0.05) is 23.2 Å². The van der Waals surface area contributed by atoms with Gasteiger partial charge in [0.05, 0.1) is 6.61 Å². The van der Waals surface area contributed by atoms with Gasteiger partial charge in [-0.1, -0.05) is 18.2 Å². The van der Waals surface area contributed by atoms with Gasteiger partial charge in [0.25, 0.3) is 5.56 Å². The lowest BCUT2D eigenvalue weighted by Gasteiger charge is -2.41. The van der Waals surface area contributed by atoms with Crippen LogP contribution in [0.2, 0.25) is 0 Å². The van der Waals surface area contributed by atoms with Crippen LogP contribution < -0.4 is 10.9 Å². The van der Waals surface area contributed by atoms with Crippen molar-refractivity contribution in [1.29, 1.82) is 0 Å². The first-order valence-electron chi connectivity index (χ1n) is 6.69. The zero-order valence-electron chi connectivity index (χ0n) is 10.8. The van der Waals surface area contributed by atoms with Gasteiger partial charge in [-0.05, 0) is 36.8 Å². The Morgan fingerprint density at radius 1 is 1.32 bits per heavy atom. The number of rotatable bonds is 4. The summed E-state index contributed by atoms with van der Waals surface area (Å²) in [7, 11) is 0. The number of H-pyrrole nitrogens is 1. The van der Waals surface area contributed by atoms with Gasteiger partial charge in [-0.25, -0.2) is 0 Å². The molecule has 4 nitrogen and oxygen atoms in total. The molecule has 0 bridgehead atoms. The van der Waals surface area contributed by atoms with Gasteiger partial charge in [-0.2, -0.15) is 0 Å². The van der Waals surface area contributed by atoms with Crippen LogP contribution in [0.25, 0.3) is 10.9 Å². The SMILES string of the molecule is O=c1[nH]c2ccccc2cc1CNC1(CO)CCC1. The molecule has 0 unspecified atom stereocenters. The highest BCUT2D eigenvalue weighted by atomic mass is 16.3. The van der Waals surface area contributed by atoms with E-state index in [0.29, 0.717) is 6.54 Å². The van der Waals surface area contributed by atoms with E-state index in [1.807, 2.05) is 30.3 Å². The molecule has 0 aliphatic heterocycles. The summed E-state index contributed by atoms with van der Waals surface area (Å²) < 4.78 is 0. The molecule has 1 aromatic heterocycles. The lowest BCUT2D eigenvalue weighted by molar-refractivity contribution is 0.0871. The zero-order valence-corrected chi connectivity index (χ0v) is 10.8. The van der Waals surface area contributed by atoms with Crippen LogP contribution in [0, 0.1) is 0 Å². The highest BCUT2D eigenvalue weighted by Gasteiger charge is 2.35. The molecule has 0 amide bonds. The lowest BCUT2D eigenvalue weighted by Crippen LogP contribution is -2.53. The second kappa shape index (κ2) is 4.79. The molecular formula is C15H18N2O2. The van der Waals surface area contributed by atoms with Gasteiger partial charge in [0.2, 0.25) is 0 Å². The number of aromatic amines is 1. The highest BCUT2D eigenvalue weighted by Crippen LogP contribution is 2.31. The summed E-state index contributed by atoms with van der Waals surface area (Å²) in [4.78, 5) is 14.9. The molecule has 1 aliphatic carbocycles. The Hall–Kier alpha value is -1.65. The summed E-state index contributed by atoms with van der Waals surface area (Å²) >= 11 is 0. The maximum absolute atomic E-state index is 12.0. The Morgan fingerprint density at radius 2 is 2.11 bits per heavy atom. The lowest BCUT2D eigenvalue weighted by atomic mass is 9.77. The molecule has 1 aliphatic rings. The number of benzene rings is 1. The van der Waals surface area contributed by atoms with Gasteiger partial charge in [0.1, 0.15) is 0 Å². The summed E-state index contributed by atoms with van der Waals surface area (Å²) in [5.41, 5.74) is 1.35. The molecule has 1 aromatic carbocycles. The number of pyridine rings is 1. The fraction of sp³-hybridized carbons (Fsp3) is 0.400. The van der Waals surface area contributed by atoms with Crippen molar-refractivity contribution >= 4 is 10.9 Å². The van der Waals surface area contributed by atoms with Crippen molar-refractivity contribution in [2.45, 2.75) is 31.3 Å². The number of nitrogens with one attached hydrogen (secondary N) is 2. The minimum Gasteiger partial charge on any atom is -0.394 e. The summed E-state index contributed by atoms with van der Waals surface area (Å²) in [6.45, 7) is 0.638. The molecule has 19 heavy (non-hydrogen) atoms. The standard InChI is InChI=1S/C15H18N2O2/c18-10-15(6-3-7-15)16-9-12-8-11-4-1-2-5-13(11)17-14(12)19/h1-2,4-5,8,16,18H,3,6-7,9-10H2,(H,17,19). The number of hydrogen-bond acceptors (Lipinski definition) is 3. The zero-order chi connectivity index (χ0) is 13.3. The van der Waals surface area contributed by atoms with Crippen LogP contribution in [0.15, 0.2) is 35.1 Å². The Balaban J connectivity index is 1.84. The van der Waals surface area contributed by atoms with Crippen LogP contribution in [0.1, 0.15) is 24.8 Å². The summed E-state index contributed by atoms with van der Waals surface area (Å²) in [5, 5.41) is 13.8. The number of aliphatic hydroxyl groups excluding tert-OH is 1. The highest BCUT2D eigenvalue weighted by molar-refractivity contribution is 5.78. The summed E-state index contributed by atoms with van der Waals surface area (Å²) in [6, 6.07) is 9.67. The molecule has 0 radical (unpaired) electrons. The third-order valence-corrected chi connectivity index (χ3v) is 4.10. The molecule has 3 N–H and O–H groups in total. The van der Waals surface area contributed by atoms with Gasteiger partial charge < -0.3 is 15.4 Å². The number of hydrogen-bond donors (Lipinski definition) is 3. The molecule has 0 spiro atoms. The molecular weight excluding hydrogens is 240 g/mol. The summed E-state index contributed by atoms with van der Waals surface area (Å²) in [6.07, 6.45) is 3.10. The first-order valence-corrected chi connectivity index (χ1v) is 6.69. The van der Waals surface area contributed by atoms with Crippen LogP contribution in [-0.2, 0) is 6.54 Å². The minimum absolute atomic E-state index is 0.0568. The quantitative estimate of drug-likeness (QED) is 0.779. The van der Waals surface area contributed by atoms with Crippen LogP contribution in [0.4, 0.5) is 0 Å². The van der Waals surface area contributed by atoms with E-state index in [-0.39, 0.29) is 17.7 Å². The maximum Gasteiger partial charge on any atom is 0.252 e. The number of aliphatic hydroxyl groups is 1. The van der Waals surface area contributed by atoms with Crippen molar-refractivity contribution in [3.8, 4) is 0 Å². The molecule has 1 saturated carbocycles. The van der Waals surface area contributed by atoms with Crippen molar-refractivity contribution in [2.75, 3.05) is 6.61 Å². The van der Waals surface area contributed by atoms with Crippen molar-refractivity contribution in [3.63, 3.8) is 0 Å². The smallest absolute Gasteiger partial charge is 0.252 e. The van der Waals surface area contributed by atoms with Crippen molar-refractivity contribution in [3.05, 3.63) is 46.2 Å². The Morgan fingerprint density at radius 3 is 2.79 bits per heavy atom. The predicted octanol–water partition coefficient (Wildman–Crippen LogP) is 1.53. The number of aromatic nitrogens is 1. The van der Waals surface area contributed by atoms with E-state index in [1.165, 1.54) is 0 Å². The molecule has 100 valence electrons. The maximum atomic E-state index is 12.0. The van der Waals surface area contributed by atoms with E-state index in [0.717, 1.165) is 35.7 Å². The van der Waals surface area contributed by atoms with Crippen molar-refractivity contribution < 1.29 is 5.11 Å². The van der Waals surface area contributed by atoms with E-state index in [1.54, 1.807) is 0 Å². The average Bonchev–Trinajstić information content (AvgIpc) is 2.38. The minimum atomic E-state index is -0.169. The third kappa shape index (κ3) is 2.29. The number of para-hydroxylation sites is 1. The average molecular weight is 258 g/mol. The van der Waals surface area contributed by atoms with Crippen LogP contribution >= 0.6 is 0 Å². The van der Waals surface area contributed by atoms with Gasteiger partial charge in [0.15, 0.2) is 0 Å². The first-order chi connectivity index (χ1) is 9.22. The van der Waals surface area contributed by atoms with Gasteiger partial charge in [-0.3, -0.25) is 4.79 Å². The van der Waals surface area contributed by atoms with Crippen molar-refractivity contribution in [2.24, 2.45) is 0 Å². The Kier molecular flexibility index (Phi) is 3.12. The topological polar surface area (TPSA) is 65.1 Å². The second-order valence-electron chi connectivity index (χ2n) is 5.36. The van der Waals surface area contributed by atoms with E-state index in [2.05, 4.69) is 10.3 Å².